The molecule has 3 N–H and O–H groups in total. The second-order valence-corrected chi connectivity index (χ2v) is 8.41. The Kier molecular flexibility index (Phi) is 5.97. The first-order valence-electron chi connectivity index (χ1n) is 8.24. The Bertz CT molecular complexity index is 858. The Morgan fingerprint density at radius 2 is 2.00 bits per heavy atom. The third-order valence-electron chi connectivity index (χ3n) is 4.14. The van der Waals surface area contributed by atoms with E-state index >= 15 is 0 Å². The summed E-state index contributed by atoms with van der Waals surface area (Å²) < 4.78 is 36.2. The smallest absolute Gasteiger partial charge is 0.313 e. The molecule has 0 saturated heterocycles. The van der Waals surface area contributed by atoms with Crippen LogP contribution in [-0.4, -0.2) is 26.9 Å². The van der Waals surface area contributed by atoms with E-state index in [1.54, 1.807) is 24.7 Å². The minimum absolute atomic E-state index is 0.0220. The summed E-state index contributed by atoms with van der Waals surface area (Å²) >= 11 is 0. The Morgan fingerprint density at radius 3 is 2.58 bits per heavy atom. The summed E-state index contributed by atoms with van der Waals surface area (Å²) in [6.07, 6.45) is 3.94. The molecular formula is C18H24N2O5S. The number of benzene rings is 1. The number of urea groups is 1. The summed E-state index contributed by atoms with van der Waals surface area (Å²) in [5.41, 5.74) is 6.22. The molecule has 0 atom stereocenters. The first kappa shape index (κ1) is 19.8. The minimum atomic E-state index is -3.83. The van der Waals surface area contributed by atoms with Crippen molar-refractivity contribution < 1.29 is 22.4 Å². The molecule has 0 unspecified atom stereocenters. The SMILES string of the molecule is CCCOc1ccc(C(C)(C)c2ccoc2)cc1S(=O)(=O)CNC(N)=O. The van der Waals surface area contributed by atoms with E-state index in [0.29, 0.717) is 6.61 Å². The average molecular weight is 380 g/mol. The van der Waals surface area contributed by atoms with E-state index in [4.69, 9.17) is 14.9 Å². The van der Waals surface area contributed by atoms with Gasteiger partial charge >= 0.3 is 6.03 Å². The van der Waals surface area contributed by atoms with Gasteiger partial charge in [-0.05, 0) is 30.2 Å². The van der Waals surface area contributed by atoms with Crippen molar-refractivity contribution in [3.8, 4) is 5.75 Å². The zero-order valence-electron chi connectivity index (χ0n) is 15.1. The highest BCUT2D eigenvalue weighted by Gasteiger charge is 2.28. The molecule has 0 aliphatic carbocycles. The number of sulfone groups is 1. The molecule has 2 aromatic rings. The van der Waals surface area contributed by atoms with Gasteiger partial charge in [0.2, 0.25) is 0 Å². The maximum absolute atomic E-state index is 12.7. The Hall–Kier alpha value is -2.48. The summed E-state index contributed by atoms with van der Waals surface area (Å²) in [7, 11) is -3.83. The maximum atomic E-state index is 12.7. The van der Waals surface area contributed by atoms with Gasteiger partial charge in [0.1, 0.15) is 16.5 Å². The number of carbonyl (C=O) groups is 1. The van der Waals surface area contributed by atoms with Crippen LogP contribution in [-0.2, 0) is 15.3 Å². The zero-order valence-corrected chi connectivity index (χ0v) is 15.9. The van der Waals surface area contributed by atoms with Gasteiger partial charge in [-0.1, -0.05) is 26.8 Å². The van der Waals surface area contributed by atoms with Gasteiger partial charge in [-0.3, -0.25) is 0 Å². The third kappa shape index (κ3) is 4.37. The summed E-state index contributed by atoms with van der Waals surface area (Å²) in [5, 5.41) is 2.13. The number of furan rings is 1. The number of rotatable bonds is 8. The quantitative estimate of drug-likeness (QED) is 0.731. The molecule has 2 amide bonds. The van der Waals surface area contributed by atoms with Gasteiger partial charge in [0.05, 0.1) is 19.1 Å². The number of nitrogens with two attached hydrogens (primary N) is 1. The van der Waals surface area contributed by atoms with Gasteiger partial charge in [-0.15, -0.1) is 0 Å². The lowest BCUT2D eigenvalue weighted by atomic mass is 9.79. The van der Waals surface area contributed by atoms with E-state index in [2.05, 4.69) is 5.32 Å². The van der Waals surface area contributed by atoms with Crippen LogP contribution >= 0.6 is 0 Å². The van der Waals surface area contributed by atoms with Crippen molar-refractivity contribution in [1.82, 2.24) is 5.32 Å². The summed E-state index contributed by atoms with van der Waals surface area (Å²) in [6.45, 7) is 6.26. The van der Waals surface area contributed by atoms with Crippen LogP contribution in [0, 0.1) is 0 Å². The van der Waals surface area contributed by atoms with Crippen LogP contribution < -0.4 is 15.8 Å². The molecule has 7 nitrogen and oxygen atoms in total. The summed E-state index contributed by atoms with van der Waals surface area (Å²) in [4.78, 5) is 10.9. The Morgan fingerprint density at radius 1 is 1.27 bits per heavy atom. The number of amides is 2. The van der Waals surface area contributed by atoms with Crippen molar-refractivity contribution in [2.75, 3.05) is 12.5 Å². The second kappa shape index (κ2) is 7.82. The molecular weight excluding hydrogens is 356 g/mol. The summed E-state index contributed by atoms with van der Waals surface area (Å²) in [5.74, 6) is -0.342. The highest BCUT2D eigenvalue weighted by molar-refractivity contribution is 7.91. The molecule has 0 aliphatic rings. The number of hydrogen-bond donors (Lipinski definition) is 2. The van der Waals surface area contributed by atoms with Crippen LogP contribution in [0.15, 0.2) is 46.1 Å². The normalized spacial score (nSPS) is 12.0. The van der Waals surface area contributed by atoms with Crippen LogP contribution in [0.1, 0.15) is 38.3 Å². The van der Waals surface area contributed by atoms with Gasteiger partial charge in [0, 0.05) is 11.0 Å². The third-order valence-corrected chi connectivity index (χ3v) is 5.65. The van der Waals surface area contributed by atoms with E-state index < -0.39 is 27.2 Å². The zero-order chi connectivity index (χ0) is 19.4. The van der Waals surface area contributed by atoms with E-state index in [1.807, 2.05) is 32.9 Å². The molecule has 2 rings (SSSR count). The Balaban J connectivity index is 2.50. The van der Waals surface area contributed by atoms with Crippen LogP contribution in [0.3, 0.4) is 0 Å². The van der Waals surface area contributed by atoms with Crippen molar-refractivity contribution in [1.29, 1.82) is 0 Å². The van der Waals surface area contributed by atoms with E-state index in [0.717, 1.165) is 17.5 Å². The molecule has 1 heterocycles. The molecule has 26 heavy (non-hydrogen) atoms. The first-order valence-corrected chi connectivity index (χ1v) is 9.89. The highest BCUT2D eigenvalue weighted by Crippen LogP contribution is 2.36. The number of nitrogens with one attached hydrogen (secondary N) is 1. The lowest BCUT2D eigenvalue weighted by Crippen LogP contribution is -2.34. The largest absolute Gasteiger partial charge is 0.492 e. The molecule has 0 spiro atoms. The molecule has 142 valence electrons. The van der Waals surface area contributed by atoms with Crippen LogP contribution in [0.5, 0.6) is 5.75 Å². The molecule has 0 bridgehead atoms. The van der Waals surface area contributed by atoms with Crippen molar-refractivity contribution in [2.24, 2.45) is 5.73 Å². The van der Waals surface area contributed by atoms with Crippen molar-refractivity contribution in [3.63, 3.8) is 0 Å². The van der Waals surface area contributed by atoms with Gasteiger partial charge in [0.25, 0.3) is 0 Å². The lowest BCUT2D eigenvalue weighted by molar-refractivity contribution is 0.250. The molecule has 0 aliphatic heterocycles. The molecule has 0 radical (unpaired) electrons. The van der Waals surface area contributed by atoms with E-state index in [9.17, 15) is 13.2 Å². The monoisotopic (exact) mass is 380 g/mol. The lowest BCUT2D eigenvalue weighted by Gasteiger charge is -2.25. The van der Waals surface area contributed by atoms with Gasteiger partial charge in [-0.25, -0.2) is 13.2 Å². The topological polar surface area (TPSA) is 112 Å². The molecule has 0 fully saturated rings. The second-order valence-electron chi connectivity index (χ2n) is 6.45. The fourth-order valence-corrected chi connectivity index (χ4v) is 3.73. The van der Waals surface area contributed by atoms with Gasteiger partial charge < -0.3 is 20.2 Å². The molecule has 1 aromatic heterocycles. The average Bonchev–Trinajstić information content (AvgIpc) is 3.13. The highest BCUT2D eigenvalue weighted by atomic mass is 32.2. The van der Waals surface area contributed by atoms with Crippen molar-refractivity contribution in [2.45, 2.75) is 37.5 Å². The van der Waals surface area contributed by atoms with Gasteiger partial charge in [-0.2, -0.15) is 0 Å². The first-order chi connectivity index (χ1) is 12.2. The predicted octanol–water partition coefficient (Wildman–Crippen LogP) is 2.79. The van der Waals surface area contributed by atoms with Gasteiger partial charge in [0.15, 0.2) is 9.84 Å². The fourth-order valence-electron chi connectivity index (χ4n) is 2.50. The van der Waals surface area contributed by atoms with E-state index in [-0.39, 0.29) is 10.6 Å². The fraction of sp³-hybridized carbons (Fsp3) is 0.389. The molecule has 8 heteroatoms. The predicted molar refractivity (Wildman–Crippen MR) is 97.8 cm³/mol. The maximum Gasteiger partial charge on any atom is 0.313 e. The number of hydrogen-bond acceptors (Lipinski definition) is 5. The number of carbonyl (C=O) groups excluding carboxylic acids is 1. The van der Waals surface area contributed by atoms with Crippen LogP contribution in [0.4, 0.5) is 4.79 Å². The molecule has 1 aromatic carbocycles. The van der Waals surface area contributed by atoms with E-state index in [1.165, 1.54) is 0 Å². The molecule has 0 saturated carbocycles. The van der Waals surface area contributed by atoms with Crippen molar-refractivity contribution >= 4 is 15.9 Å². The minimum Gasteiger partial charge on any atom is -0.492 e. The van der Waals surface area contributed by atoms with Crippen LogP contribution in [0.2, 0.25) is 0 Å². The van der Waals surface area contributed by atoms with Crippen LogP contribution in [0.25, 0.3) is 0 Å². The Labute approximate surface area is 153 Å². The number of ether oxygens (including phenoxy) is 1. The van der Waals surface area contributed by atoms with Crippen molar-refractivity contribution in [3.05, 3.63) is 47.9 Å². The number of primary amides is 1. The summed E-state index contributed by atoms with van der Waals surface area (Å²) in [6, 6.07) is 5.99. The standard InChI is InChI=1S/C18H24N2O5S/c1-4-8-25-15-6-5-13(18(2,3)14-7-9-24-11-14)10-16(15)26(22,23)12-20-17(19)21/h5-7,9-11H,4,8,12H2,1-3H3,(H3,19,20,21).